The Morgan fingerprint density at radius 2 is 1.53 bits per heavy atom. The van der Waals surface area contributed by atoms with Gasteiger partial charge in [-0.05, 0) is 74.0 Å². The Balaban J connectivity index is 1.53. The molecule has 5 aliphatic rings. The Bertz CT molecular complexity index is 249. The van der Waals surface area contributed by atoms with E-state index in [2.05, 4.69) is 5.92 Å². The lowest BCUT2D eigenvalue weighted by Gasteiger charge is -2.46. The molecule has 5 fully saturated rings. The van der Waals surface area contributed by atoms with Crippen molar-refractivity contribution in [2.24, 2.45) is 29.6 Å². The van der Waals surface area contributed by atoms with Gasteiger partial charge >= 0.3 is 0 Å². The Kier molecular flexibility index (Phi) is 1.96. The molecule has 5 saturated carbocycles. The average molecular weight is 203 g/mol. The maximum Gasteiger partial charge on any atom is -0.0174 e. The van der Waals surface area contributed by atoms with E-state index in [-0.39, 0.29) is 0 Å². The zero-order valence-electron chi connectivity index (χ0n) is 9.75. The highest BCUT2D eigenvalue weighted by atomic mass is 14.5. The van der Waals surface area contributed by atoms with Gasteiger partial charge in [-0.25, -0.2) is 0 Å². The van der Waals surface area contributed by atoms with E-state index in [0.717, 1.165) is 29.6 Å². The van der Waals surface area contributed by atoms with Gasteiger partial charge in [-0.3, -0.25) is 0 Å². The van der Waals surface area contributed by atoms with E-state index >= 15 is 0 Å². The van der Waals surface area contributed by atoms with Gasteiger partial charge in [-0.2, -0.15) is 0 Å². The molecule has 5 rings (SSSR count). The number of fused-ring (bicyclic) bond motifs is 5. The molecule has 15 heavy (non-hydrogen) atoms. The van der Waals surface area contributed by atoms with Crippen molar-refractivity contribution in [3.8, 4) is 0 Å². The van der Waals surface area contributed by atoms with Gasteiger partial charge in [0, 0.05) is 0 Å². The summed E-state index contributed by atoms with van der Waals surface area (Å²) in [5, 5.41) is 0. The Morgan fingerprint density at radius 1 is 0.733 bits per heavy atom. The SMILES string of the molecule is C1CC2CCC1C[C]2C1CC2CCC1C2. The van der Waals surface area contributed by atoms with Crippen molar-refractivity contribution >= 4 is 0 Å². The highest BCUT2D eigenvalue weighted by Crippen LogP contribution is 2.58. The molecule has 4 bridgehead atoms. The molecule has 0 heteroatoms. The Labute approximate surface area is 93.8 Å². The van der Waals surface area contributed by atoms with E-state index in [0.29, 0.717) is 0 Å². The zero-order valence-corrected chi connectivity index (χ0v) is 9.75. The van der Waals surface area contributed by atoms with Gasteiger partial charge in [-0.15, -0.1) is 0 Å². The van der Waals surface area contributed by atoms with E-state index < -0.39 is 0 Å². The molecule has 0 amide bonds. The summed E-state index contributed by atoms with van der Waals surface area (Å²) in [5.74, 6) is 7.67. The highest BCUT2D eigenvalue weighted by Gasteiger charge is 2.48. The van der Waals surface area contributed by atoms with Crippen LogP contribution < -0.4 is 0 Å². The van der Waals surface area contributed by atoms with Crippen LogP contribution in [0.5, 0.6) is 0 Å². The smallest absolute Gasteiger partial charge is 0.0174 e. The maximum absolute atomic E-state index is 2.07. The van der Waals surface area contributed by atoms with Gasteiger partial charge in [0.05, 0.1) is 0 Å². The van der Waals surface area contributed by atoms with Crippen LogP contribution in [-0.2, 0) is 0 Å². The first-order chi connectivity index (χ1) is 7.40. The van der Waals surface area contributed by atoms with Crippen molar-refractivity contribution in [2.75, 3.05) is 0 Å². The minimum Gasteiger partial charge on any atom is -0.0502 e. The molecule has 0 aliphatic heterocycles. The molecule has 0 heterocycles. The highest BCUT2D eigenvalue weighted by molar-refractivity contribution is 5.13. The minimum atomic E-state index is 1.08. The lowest BCUT2D eigenvalue weighted by atomic mass is 9.59. The van der Waals surface area contributed by atoms with Crippen molar-refractivity contribution in [1.29, 1.82) is 0 Å². The molecule has 0 saturated heterocycles. The van der Waals surface area contributed by atoms with Gasteiger partial charge in [0.2, 0.25) is 0 Å². The van der Waals surface area contributed by atoms with E-state index in [9.17, 15) is 0 Å². The Morgan fingerprint density at radius 3 is 2.07 bits per heavy atom. The predicted octanol–water partition coefficient (Wildman–Crippen LogP) is 4.21. The largest absolute Gasteiger partial charge is 0.0502 e. The summed E-state index contributed by atoms with van der Waals surface area (Å²) in [6.07, 6.45) is 14.2. The topological polar surface area (TPSA) is 0 Å². The van der Waals surface area contributed by atoms with Crippen molar-refractivity contribution in [2.45, 2.75) is 57.8 Å². The first-order valence-corrected chi connectivity index (χ1v) is 7.25. The van der Waals surface area contributed by atoms with Gasteiger partial charge in [0.1, 0.15) is 0 Å². The molecule has 0 nitrogen and oxygen atoms in total. The molecular weight excluding hydrogens is 180 g/mol. The van der Waals surface area contributed by atoms with Crippen LogP contribution in [0.3, 0.4) is 0 Å². The summed E-state index contributed by atoms with van der Waals surface area (Å²) in [5.41, 5.74) is 0. The molecule has 0 aromatic heterocycles. The van der Waals surface area contributed by atoms with E-state index in [4.69, 9.17) is 0 Å². The first-order valence-electron chi connectivity index (χ1n) is 7.25. The third kappa shape index (κ3) is 1.33. The third-order valence-corrected chi connectivity index (χ3v) is 6.11. The van der Waals surface area contributed by atoms with E-state index in [1.807, 2.05) is 0 Å². The standard InChI is InChI=1S/C15H23/c1-4-12-5-2-10(1)8-14(12)15-9-11-3-6-13(15)7-11/h10-13,15H,1-9H2. The summed E-state index contributed by atoms with van der Waals surface area (Å²) in [6.45, 7) is 0. The molecule has 1 radical (unpaired) electrons. The third-order valence-electron chi connectivity index (χ3n) is 6.11. The summed E-state index contributed by atoms with van der Waals surface area (Å²) in [6, 6.07) is 0. The van der Waals surface area contributed by atoms with Crippen LogP contribution in [0, 0.1) is 35.5 Å². The second kappa shape index (κ2) is 3.25. The predicted molar refractivity (Wildman–Crippen MR) is 62.2 cm³/mol. The van der Waals surface area contributed by atoms with Gasteiger partial charge in [0.25, 0.3) is 0 Å². The molecule has 3 atom stereocenters. The van der Waals surface area contributed by atoms with E-state index in [1.165, 1.54) is 0 Å². The monoisotopic (exact) mass is 203 g/mol. The lowest BCUT2D eigenvalue weighted by molar-refractivity contribution is 0.149. The van der Waals surface area contributed by atoms with Gasteiger partial charge in [0.15, 0.2) is 0 Å². The summed E-state index contributed by atoms with van der Waals surface area (Å²) < 4.78 is 0. The first kappa shape index (κ1) is 9.07. The van der Waals surface area contributed by atoms with Gasteiger partial charge in [-0.1, -0.05) is 19.3 Å². The van der Waals surface area contributed by atoms with Crippen molar-refractivity contribution in [3.05, 3.63) is 5.92 Å². The van der Waals surface area contributed by atoms with Crippen LogP contribution in [0.15, 0.2) is 0 Å². The zero-order chi connectivity index (χ0) is 9.83. The second-order valence-corrected chi connectivity index (χ2v) is 6.78. The normalized spacial score (nSPS) is 54.0. The van der Waals surface area contributed by atoms with Crippen molar-refractivity contribution < 1.29 is 0 Å². The van der Waals surface area contributed by atoms with Crippen LogP contribution in [0.25, 0.3) is 0 Å². The van der Waals surface area contributed by atoms with E-state index in [1.54, 1.807) is 57.8 Å². The molecule has 3 unspecified atom stereocenters. The Hall–Kier alpha value is 0. The number of hydrogen-bond donors (Lipinski definition) is 0. The molecule has 5 aliphatic carbocycles. The van der Waals surface area contributed by atoms with Crippen LogP contribution in [-0.4, -0.2) is 0 Å². The second-order valence-electron chi connectivity index (χ2n) is 6.78. The van der Waals surface area contributed by atoms with Crippen molar-refractivity contribution in [3.63, 3.8) is 0 Å². The summed E-state index contributed by atoms with van der Waals surface area (Å²) in [7, 11) is 0. The lowest BCUT2D eigenvalue weighted by Crippen LogP contribution is -2.35. The molecule has 0 aromatic rings. The minimum absolute atomic E-state index is 1.08. The fourth-order valence-corrected chi connectivity index (χ4v) is 5.39. The van der Waals surface area contributed by atoms with Crippen molar-refractivity contribution in [1.82, 2.24) is 0 Å². The average Bonchev–Trinajstić information content (AvgIpc) is 2.92. The molecule has 0 spiro atoms. The fraction of sp³-hybridized carbons (Fsp3) is 0.933. The molecule has 0 N–H and O–H groups in total. The van der Waals surface area contributed by atoms with Crippen LogP contribution >= 0.6 is 0 Å². The maximum atomic E-state index is 2.07. The quantitative estimate of drug-likeness (QED) is 0.599. The fourth-order valence-electron chi connectivity index (χ4n) is 5.39. The number of hydrogen-bond acceptors (Lipinski definition) is 0. The summed E-state index contributed by atoms with van der Waals surface area (Å²) >= 11 is 0. The van der Waals surface area contributed by atoms with Crippen LogP contribution in [0.1, 0.15) is 57.8 Å². The number of rotatable bonds is 1. The molecule has 83 valence electrons. The van der Waals surface area contributed by atoms with Crippen LogP contribution in [0.4, 0.5) is 0 Å². The van der Waals surface area contributed by atoms with Gasteiger partial charge < -0.3 is 0 Å². The summed E-state index contributed by atoms with van der Waals surface area (Å²) in [4.78, 5) is 0. The molecule has 0 aromatic carbocycles. The van der Waals surface area contributed by atoms with Crippen LogP contribution in [0.2, 0.25) is 0 Å². The molecular formula is C15H23.